The maximum Gasteiger partial charge on any atom is 0.252 e. The van der Waals surface area contributed by atoms with E-state index in [1.807, 2.05) is 31.3 Å². The summed E-state index contributed by atoms with van der Waals surface area (Å²) in [6.07, 6.45) is 3.64. The average molecular weight is 322 g/mol. The van der Waals surface area contributed by atoms with Gasteiger partial charge in [-0.1, -0.05) is 18.2 Å². The Bertz CT molecular complexity index is 899. The molecule has 1 amide bonds. The molecule has 0 saturated heterocycles. The highest BCUT2D eigenvalue weighted by atomic mass is 16.1. The molecule has 0 radical (unpaired) electrons. The molecule has 0 atom stereocenters. The Morgan fingerprint density at radius 2 is 2.17 bits per heavy atom. The predicted molar refractivity (Wildman–Crippen MR) is 90.6 cm³/mol. The Morgan fingerprint density at radius 3 is 2.92 bits per heavy atom. The molecule has 122 valence electrons. The molecule has 0 aliphatic heterocycles. The van der Waals surface area contributed by atoms with Crippen molar-refractivity contribution in [2.24, 2.45) is 7.05 Å². The number of anilines is 1. The minimum Gasteiger partial charge on any atom is -0.363 e. The van der Waals surface area contributed by atoms with E-state index in [1.165, 1.54) is 6.33 Å². The van der Waals surface area contributed by atoms with Crippen LogP contribution >= 0.6 is 0 Å². The van der Waals surface area contributed by atoms with Gasteiger partial charge in [0.15, 0.2) is 0 Å². The van der Waals surface area contributed by atoms with E-state index in [1.54, 1.807) is 10.7 Å². The summed E-state index contributed by atoms with van der Waals surface area (Å²) >= 11 is 0. The van der Waals surface area contributed by atoms with Crippen molar-refractivity contribution >= 4 is 22.6 Å². The van der Waals surface area contributed by atoms with Crippen LogP contribution in [0.5, 0.6) is 0 Å². The minimum absolute atomic E-state index is 0.0437. The van der Waals surface area contributed by atoms with Gasteiger partial charge in [-0.25, -0.2) is 9.97 Å². The largest absolute Gasteiger partial charge is 0.363 e. The fourth-order valence-corrected chi connectivity index (χ4v) is 2.59. The van der Waals surface area contributed by atoms with Crippen molar-refractivity contribution in [1.82, 2.24) is 25.1 Å². The lowest BCUT2D eigenvalue weighted by atomic mass is 10.1. The Labute approximate surface area is 139 Å². The average Bonchev–Trinajstić information content (AvgIpc) is 3.31. The van der Waals surface area contributed by atoms with Gasteiger partial charge in [-0.15, -0.1) is 0 Å². The summed E-state index contributed by atoms with van der Waals surface area (Å²) in [4.78, 5) is 21.3. The first-order chi connectivity index (χ1) is 11.7. The molecule has 1 saturated carbocycles. The van der Waals surface area contributed by atoms with Crippen LogP contribution in [-0.4, -0.2) is 31.7 Å². The number of benzene rings is 1. The standard InChI is InChI=1S/C17H18N6O/c1-23-16(19-10-20-23)9-18-15-8-13(17(24)21-11-6-7-11)12-4-2-3-5-14(12)22-15/h2-5,8,10-11H,6-7,9H2,1H3,(H,18,22)(H,21,24). The third kappa shape index (κ3) is 2.92. The van der Waals surface area contributed by atoms with E-state index in [0.717, 1.165) is 29.6 Å². The zero-order valence-electron chi connectivity index (χ0n) is 13.4. The minimum atomic E-state index is -0.0437. The molecular formula is C17H18N6O. The summed E-state index contributed by atoms with van der Waals surface area (Å²) in [5.74, 6) is 1.41. The third-order valence-electron chi connectivity index (χ3n) is 4.11. The Kier molecular flexibility index (Phi) is 3.60. The Balaban J connectivity index is 1.65. The van der Waals surface area contributed by atoms with Crippen LogP contribution in [0.4, 0.5) is 5.82 Å². The molecule has 0 unspecified atom stereocenters. The monoisotopic (exact) mass is 322 g/mol. The molecule has 7 nitrogen and oxygen atoms in total. The number of rotatable bonds is 5. The number of hydrogen-bond acceptors (Lipinski definition) is 5. The van der Waals surface area contributed by atoms with E-state index >= 15 is 0 Å². The third-order valence-corrected chi connectivity index (χ3v) is 4.11. The van der Waals surface area contributed by atoms with E-state index in [-0.39, 0.29) is 5.91 Å². The highest BCUT2D eigenvalue weighted by molar-refractivity contribution is 6.07. The van der Waals surface area contributed by atoms with Gasteiger partial charge < -0.3 is 10.6 Å². The molecule has 1 aliphatic carbocycles. The highest BCUT2D eigenvalue weighted by Gasteiger charge is 2.25. The molecule has 3 aromatic rings. The predicted octanol–water partition coefficient (Wildman–Crippen LogP) is 1.87. The first kappa shape index (κ1) is 14.6. The van der Waals surface area contributed by atoms with Crippen molar-refractivity contribution < 1.29 is 4.79 Å². The number of para-hydroxylation sites is 1. The topological polar surface area (TPSA) is 84.7 Å². The van der Waals surface area contributed by atoms with Gasteiger partial charge >= 0.3 is 0 Å². The van der Waals surface area contributed by atoms with E-state index in [9.17, 15) is 4.79 Å². The van der Waals surface area contributed by atoms with Gasteiger partial charge in [0.1, 0.15) is 18.0 Å². The highest BCUT2D eigenvalue weighted by Crippen LogP contribution is 2.24. The van der Waals surface area contributed by atoms with E-state index in [4.69, 9.17) is 0 Å². The Morgan fingerprint density at radius 1 is 1.33 bits per heavy atom. The number of nitrogens with zero attached hydrogens (tertiary/aromatic N) is 4. The van der Waals surface area contributed by atoms with Crippen LogP contribution in [0.3, 0.4) is 0 Å². The summed E-state index contributed by atoms with van der Waals surface area (Å²) in [6.45, 7) is 0.492. The van der Waals surface area contributed by atoms with Crippen molar-refractivity contribution in [3.8, 4) is 0 Å². The molecule has 2 heterocycles. The number of amides is 1. The molecular weight excluding hydrogens is 304 g/mol. The summed E-state index contributed by atoms with van der Waals surface area (Å²) < 4.78 is 1.70. The van der Waals surface area contributed by atoms with Crippen LogP contribution < -0.4 is 10.6 Å². The van der Waals surface area contributed by atoms with Crippen molar-refractivity contribution in [2.45, 2.75) is 25.4 Å². The van der Waals surface area contributed by atoms with E-state index in [2.05, 4.69) is 25.7 Å². The van der Waals surface area contributed by atoms with Gasteiger partial charge in [0.05, 0.1) is 17.6 Å². The second-order valence-electron chi connectivity index (χ2n) is 5.97. The van der Waals surface area contributed by atoms with Crippen molar-refractivity contribution in [3.63, 3.8) is 0 Å². The fraction of sp³-hybridized carbons (Fsp3) is 0.294. The molecule has 0 bridgehead atoms. The van der Waals surface area contributed by atoms with E-state index in [0.29, 0.717) is 24.0 Å². The maximum atomic E-state index is 12.6. The van der Waals surface area contributed by atoms with Gasteiger partial charge in [-0.3, -0.25) is 9.48 Å². The van der Waals surface area contributed by atoms with Crippen LogP contribution in [0, 0.1) is 0 Å². The molecule has 2 aromatic heterocycles. The second-order valence-corrected chi connectivity index (χ2v) is 5.97. The number of carbonyl (C=O) groups is 1. The molecule has 2 N–H and O–H groups in total. The lowest BCUT2D eigenvalue weighted by Crippen LogP contribution is -2.25. The number of pyridine rings is 1. The molecule has 24 heavy (non-hydrogen) atoms. The zero-order valence-corrected chi connectivity index (χ0v) is 13.4. The SMILES string of the molecule is Cn1ncnc1CNc1cc(C(=O)NC2CC2)c2ccccc2n1. The fourth-order valence-electron chi connectivity index (χ4n) is 2.59. The molecule has 1 fully saturated rings. The van der Waals surface area contributed by atoms with Crippen molar-refractivity contribution in [3.05, 3.63) is 48.0 Å². The van der Waals surface area contributed by atoms with Crippen LogP contribution in [0.25, 0.3) is 10.9 Å². The quantitative estimate of drug-likeness (QED) is 0.749. The first-order valence-corrected chi connectivity index (χ1v) is 7.98. The number of nitrogens with one attached hydrogen (secondary N) is 2. The number of hydrogen-bond donors (Lipinski definition) is 2. The van der Waals surface area contributed by atoms with Crippen molar-refractivity contribution in [2.75, 3.05) is 5.32 Å². The maximum absolute atomic E-state index is 12.6. The van der Waals surface area contributed by atoms with Gasteiger partial charge in [-0.05, 0) is 25.0 Å². The first-order valence-electron chi connectivity index (χ1n) is 7.98. The summed E-state index contributed by atoms with van der Waals surface area (Å²) in [5, 5.41) is 11.2. The number of aromatic nitrogens is 4. The molecule has 0 spiro atoms. The summed E-state index contributed by atoms with van der Waals surface area (Å²) in [6, 6.07) is 9.80. The molecule has 4 rings (SSSR count). The molecule has 1 aromatic carbocycles. The molecule has 7 heteroatoms. The normalized spacial score (nSPS) is 13.9. The second kappa shape index (κ2) is 5.92. The molecule has 1 aliphatic rings. The zero-order chi connectivity index (χ0) is 16.5. The Hall–Kier alpha value is -2.96. The van der Waals surface area contributed by atoms with Crippen LogP contribution in [0.2, 0.25) is 0 Å². The van der Waals surface area contributed by atoms with Crippen molar-refractivity contribution in [1.29, 1.82) is 0 Å². The van der Waals surface area contributed by atoms with Crippen LogP contribution in [0.15, 0.2) is 36.7 Å². The lowest BCUT2D eigenvalue weighted by Gasteiger charge is -2.11. The summed E-state index contributed by atoms with van der Waals surface area (Å²) in [7, 11) is 1.84. The van der Waals surface area contributed by atoms with E-state index < -0.39 is 0 Å². The lowest BCUT2D eigenvalue weighted by molar-refractivity contribution is 0.0952. The summed E-state index contributed by atoms with van der Waals surface area (Å²) in [5.41, 5.74) is 1.44. The van der Waals surface area contributed by atoms with Gasteiger partial charge in [-0.2, -0.15) is 5.10 Å². The van der Waals surface area contributed by atoms with Gasteiger partial charge in [0, 0.05) is 18.5 Å². The van der Waals surface area contributed by atoms with Gasteiger partial charge in [0.25, 0.3) is 5.91 Å². The van der Waals surface area contributed by atoms with Crippen LogP contribution in [-0.2, 0) is 13.6 Å². The van der Waals surface area contributed by atoms with Crippen LogP contribution in [0.1, 0.15) is 29.0 Å². The number of carbonyl (C=O) groups excluding carboxylic acids is 1. The number of aryl methyl sites for hydroxylation is 1. The smallest absolute Gasteiger partial charge is 0.252 e. The number of fused-ring (bicyclic) bond motifs is 1. The van der Waals surface area contributed by atoms with Gasteiger partial charge in [0.2, 0.25) is 0 Å².